The number of Topliss-reactive ketones (excluding diaryl/α,β-unsaturated/α-hetero) is 1. The summed E-state index contributed by atoms with van der Waals surface area (Å²) < 4.78 is 10.0. The average Bonchev–Trinajstić information content (AvgIpc) is 2.73. The Morgan fingerprint density at radius 2 is 2.22 bits per heavy atom. The Bertz CT molecular complexity index is 550. The number of ether oxygens (including phenoxy) is 1. The van der Waals surface area contributed by atoms with Crippen molar-refractivity contribution in [2.45, 2.75) is 6.92 Å². The molecule has 7 heteroatoms. The third-order valence-corrected chi connectivity index (χ3v) is 2.32. The van der Waals surface area contributed by atoms with E-state index in [4.69, 9.17) is 20.1 Å². The maximum Gasteiger partial charge on any atom is 0.374 e. The van der Waals surface area contributed by atoms with Gasteiger partial charge in [-0.1, -0.05) is 0 Å². The topological polar surface area (TPSA) is 106 Å². The standard InChI is InChI=1S/C11H9BrN2O4/c1-6(14)7(4-13)8(15)5-17-11(16)9-2-3-10(12)18-9/h2-3H,5,14H2,1H3/b7-6-. The van der Waals surface area contributed by atoms with E-state index in [0.717, 1.165) is 0 Å². The largest absolute Gasteiger partial charge is 0.451 e. The van der Waals surface area contributed by atoms with Gasteiger partial charge in [-0.05, 0) is 35.0 Å². The van der Waals surface area contributed by atoms with Crippen molar-refractivity contribution >= 4 is 27.7 Å². The first-order valence-corrected chi connectivity index (χ1v) is 5.57. The third-order valence-electron chi connectivity index (χ3n) is 1.89. The highest BCUT2D eigenvalue weighted by atomic mass is 79.9. The van der Waals surface area contributed by atoms with Crippen LogP contribution in [0.2, 0.25) is 0 Å². The molecule has 0 fully saturated rings. The second kappa shape index (κ2) is 6.02. The number of ketones is 1. The zero-order valence-corrected chi connectivity index (χ0v) is 11.0. The van der Waals surface area contributed by atoms with E-state index in [-0.39, 0.29) is 17.0 Å². The van der Waals surface area contributed by atoms with Crippen molar-refractivity contribution in [2.24, 2.45) is 5.73 Å². The molecule has 0 amide bonds. The molecule has 0 saturated carbocycles. The van der Waals surface area contributed by atoms with E-state index in [1.807, 2.05) is 0 Å². The van der Waals surface area contributed by atoms with Crippen LogP contribution in [0.1, 0.15) is 17.5 Å². The summed E-state index contributed by atoms with van der Waals surface area (Å²) in [5.74, 6) is -1.49. The minimum absolute atomic E-state index is 0.0402. The normalized spacial score (nSPS) is 11.4. The lowest BCUT2D eigenvalue weighted by Crippen LogP contribution is -2.17. The van der Waals surface area contributed by atoms with Gasteiger partial charge in [0.15, 0.2) is 11.3 Å². The number of carbonyl (C=O) groups excluding carboxylic acids is 2. The van der Waals surface area contributed by atoms with Crippen LogP contribution >= 0.6 is 15.9 Å². The van der Waals surface area contributed by atoms with E-state index in [1.54, 1.807) is 6.07 Å². The summed E-state index contributed by atoms with van der Waals surface area (Å²) in [5.41, 5.74) is 5.20. The Morgan fingerprint density at radius 3 is 2.67 bits per heavy atom. The minimum atomic E-state index is -0.791. The molecule has 0 aliphatic heterocycles. The van der Waals surface area contributed by atoms with Gasteiger partial charge in [0.25, 0.3) is 0 Å². The number of furan rings is 1. The van der Waals surface area contributed by atoms with Crippen LogP contribution in [0.3, 0.4) is 0 Å². The molecule has 94 valence electrons. The molecule has 0 spiro atoms. The molecule has 1 heterocycles. The maximum absolute atomic E-state index is 11.5. The van der Waals surface area contributed by atoms with Crippen molar-refractivity contribution in [2.75, 3.05) is 6.61 Å². The number of rotatable bonds is 4. The van der Waals surface area contributed by atoms with Gasteiger partial charge in [0, 0.05) is 5.70 Å². The van der Waals surface area contributed by atoms with E-state index in [0.29, 0.717) is 4.67 Å². The molecule has 0 atom stereocenters. The van der Waals surface area contributed by atoms with Crippen LogP contribution in [0, 0.1) is 11.3 Å². The maximum atomic E-state index is 11.5. The molecule has 18 heavy (non-hydrogen) atoms. The molecule has 0 aromatic carbocycles. The van der Waals surface area contributed by atoms with Crippen LogP contribution in [0.5, 0.6) is 0 Å². The van der Waals surface area contributed by atoms with E-state index < -0.39 is 18.4 Å². The van der Waals surface area contributed by atoms with Crippen molar-refractivity contribution in [3.05, 3.63) is 33.8 Å². The van der Waals surface area contributed by atoms with Gasteiger partial charge in [-0.2, -0.15) is 5.26 Å². The zero-order valence-electron chi connectivity index (χ0n) is 9.40. The first kappa shape index (κ1) is 14.0. The molecule has 0 saturated heterocycles. The lowest BCUT2D eigenvalue weighted by atomic mass is 10.1. The molecule has 0 unspecified atom stereocenters. The second-order valence-electron chi connectivity index (χ2n) is 3.27. The molecule has 0 bridgehead atoms. The summed E-state index contributed by atoms with van der Waals surface area (Å²) in [6, 6.07) is 4.56. The minimum Gasteiger partial charge on any atom is -0.451 e. The highest BCUT2D eigenvalue weighted by Crippen LogP contribution is 2.14. The van der Waals surface area contributed by atoms with Crippen molar-refractivity contribution in [3.8, 4) is 6.07 Å². The Labute approximate surface area is 111 Å². The molecule has 6 nitrogen and oxygen atoms in total. The molecule has 0 aliphatic carbocycles. The summed E-state index contributed by atoms with van der Waals surface area (Å²) >= 11 is 3.03. The van der Waals surface area contributed by atoms with Crippen molar-refractivity contribution in [1.82, 2.24) is 0 Å². The predicted molar refractivity (Wildman–Crippen MR) is 64.2 cm³/mol. The fraction of sp³-hybridized carbons (Fsp3) is 0.182. The SMILES string of the molecule is C/C(N)=C(\C#N)C(=O)COC(=O)c1ccc(Br)o1. The highest BCUT2D eigenvalue weighted by molar-refractivity contribution is 9.10. The lowest BCUT2D eigenvalue weighted by Gasteiger charge is -2.02. The average molecular weight is 313 g/mol. The fourth-order valence-electron chi connectivity index (χ4n) is 1.07. The molecule has 1 aromatic rings. The van der Waals surface area contributed by atoms with Crippen LogP contribution in [0.4, 0.5) is 0 Å². The number of hydrogen-bond donors (Lipinski definition) is 1. The molecule has 0 radical (unpaired) electrons. The van der Waals surface area contributed by atoms with Gasteiger partial charge in [-0.3, -0.25) is 4.79 Å². The van der Waals surface area contributed by atoms with E-state index in [1.165, 1.54) is 19.1 Å². The third kappa shape index (κ3) is 3.46. The Morgan fingerprint density at radius 1 is 1.56 bits per heavy atom. The summed E-state index contributed by atoms with van der Waals surface area (Å²) in [5, 5.41) is 8.68. The van der Waals surface area contributed by atoms with Gasteiger partial charge in [-0.25, -0.2) is 4.79 Å². The molecular weight excluding hydrogens is 304 g/mol. The number of carbonyl (C=O) groups is 2. The summed E-state index contributed by atoms with van der Waals surface area (Å²) in [6.07, 6.45) is 0. The van der Waals surface area contributed by atoms with E-state index in [9.17, 15) is 9.59 Å². The van der Waals surface area contributed by atoms with Gasteiger partial charge in [-0.15, -0.1) is 0 Å². The number of nitriles is 1. The molecule has 2 N–H and O–H groups in total. The zero-order chi connectivity index (χ0) is 13.7. The first-order valence-electron chi connectivity index (χ1n) is 4.77. The fourth-order valence-corrected chi connectivity index (χ4v) is 1.38. The molecule has 1 aromatic heterocycles. The van der Waals surface area contributed by atoms with Gasteiger partial charge in [0.05, 0.1) is 0 Å². The van der Waals surface area contributed by atoms with E-state index >= 15 is 0 Å². The Balaban J connectivity index is 2.62. The molecule has 1 rings (SSSR count). The quantitative estimate of drug-likeness (QED) is 0.513. The van der Waals surface area contributed by atoms with Crippen molar-refractivity contribution in [1.29, 1.82) is 5.26 Å². The first-order chi connectivity index (χ1) is 8.45. The number of esters is 1. The monoisotopic (exact) mass is 312 g/mol. The van der Waals surface area contributed by atoms with Gasteiger partial charge >= 0.3 is 5.97 Å². The number of hydrogen-bond acceptors (Lipinski definition) is 6. The van der Waals surface area contributed by atoms with Gasteiger partial charge in [0.1, 0.15) is 11.6 Å². The van der Waals surface area contributed by atoms with Crippen LogP contribution in [-0.2, 0) is 9.53 Å². The highest BCUT2D eigenvalue weighted by Gasteiger charge is 2.17. The van der Waals surface area contributed by atoms with Crippen LogP contribution in [0.15, 0.2) is 32.5 Å². The summed E-state index contributed by atoms with van der Waals surface area (Å²) in [7, 11) is 0. The summed E-state index contributed by atoms with van der Waals surface area (Å²) in [4.78, 5) is 22.9. The van der Waals surface area contributed by atoms with Crippen LogP contribution < -0.4 is 5.73 Å². The van der Waals surface area contributed by atoms with Crippen molar-refractivity contribution in [3.63, 3.8) is 0 Å². The Hall–Kier alpha value is -2.07. The van der Waals surface area contributed by atoms with Crippen molar-refractivity contribution < 1.29 is 18.7 Å². The molecular formula is C11H9BrN2O4. The second-order valence-corrected chi connectivity index (χ2v) is 4.05. The Kier molecular flexibility index (Phi) is 4.68. The smallest absolute Gasteiger partial charge is 0.374 e. The predicted octanol–water partition coefficient (Wildman–Crippen LogP) is 1.52. The number of nitrogens with two attached hydrogens (primary N) is 1. The van der Waals surface area contributed by atoms with Gasteiger partial charge in [0.2, 0.25) is 11.5 Å². The van der Waals surface area contributed by atoms with E-state index in [2.05, 4.69) is 15.9 Å². The molecule has 0 aliphatic rings. The van der Waals surface area contributed by atoms with Gasteiger partial charge < -0.3 is 14.9 Å². The number of allylic oxidation sites excluding steroid dienone is 1. The van der Waals surface area contributed by atoms with Crippen LogP contribution in [0.25, 0.3) is 0 Å². The lowest BCUT2D eigenvalue weighted by molar-refractivity contribution is -0.118. The number of halogens is 1. The summed E-state index contributed by atoms with van der Waals surface area (Å²) in [6.45, 7) is 0.858. The van der Waals surface area contributed by atoms with Crippen LogP contribution in [-0.4, -0.2) is 18.4 Å². The number of nitrogens with zero attached hydrogens (tertiary/aromatic N) is 1.